The molecule has 130 valence electrons. The third kappa shape index (κ3) is 4.31. The lowest BCUT2D eigenvalue weighted by Crippen LogP contribution is -2.37. The SMILES string of the molecule is Cc1nn(C)c(C)c1CC(C)NC(=O)COc1ccc(F)cc1F. The van der Waals surface area contributed by atoms with Crippen molar-refractivity contribution in [2.45, 2.75) is 33.2 Å². The number of aromatic nitrogens is 2. The van der Waals surface area contributed by atoms with Gasteiger partial charge in [-0.05, 0) is 44.9 Å². The van der Waals surface area contributed by atoms with Gasteiger partial charge in [0, 0.05) is 24.8 Å². The predicted octanol–water partition coefficient (Wildman–Crippen LogP) is 2.44. The van der Waals surface area contributed by atoms with Crippen molar-refractivity contribution in [1.29, 1.82) is 0 Å². The van der Waals surface area contributed by atoms with Gasteiger partial charge in [0.15, 0.2) is 18.2 Å². The minimum Gasteiger partial charge on any atom is -0.481 e. The Morgan fingerprint density at radius 2 is 2.08 bits per heavy atom. The smallest absolute Gasteiger partial charge is 0.258 e. The molecule has 0 saturated heterocycles. The fraction of sp³-hybridized carbons (Fsp3) is 0.412. The van der Waals surface area contributed by atoms with Crippen molar-refractivity contribution < 1.29 is 18.3 Å². The fourth-order valence-corrected chi connectivity index (χ4v) is 2.52. The van der Waals surface area contributed by atoms with Crippen molar-refractivity contribution in [3.8, 4) is 5.75 Å². The largest absolute Gasteiger partial charge is 0.481 e. The summed E-state index contributed by atoms with van der Waals surface area (Å²) in [7, 11) is 1.88. The molecule has 1 atom stereocenters. The van der Waals surface area contributed by atoms with E-state index in [0.29, 0.717) is 12.5 Å². The molecule has 0 aliphatic carbocycles. The summed E-state index contributed by atoms with van der Waals surface area (Å²) in [6, 6.07) is 2.82. The molecule has 0 radical (unpaired) electrons. The number of amides is 1. The molecule has 7 heteroatoms. The summed E-state index contributed by atoms with van der Waals surface area (Å²) in [5, 5.41) is 7.14. The van der Waals surface area contributed by atoms with E-state index in [2.05, 4.69) is 10.4 Å². The maximum Gasteiger partial charge on any atom is 0.258 e. The average molecular weight is 337 g/mol. The molecule has 2 aromatic rings. The zero-order valence-corrected chi connectivity index (χ0v) is 14.2. The van der Waals surface area contributed by atoms with E-state index in [1.165, 1.54) is 0 Å². The highest BCUT2D eigenvalue weighted by atomic mass is 19.1. The summed E-state index contributed by atoms with van der Waals surface area (Å²) in [5.74, 6) is -2.05. The van der Waals surface area contributed by atoms with Crippen LogP contribution in [0.15, 0.2) is 18.2 Å². The molecule has 2 rings (SSSR count). The van der Waals surface area contributed by atoms with Gasteiger partial charge in [0.2, 0.25) is 0 Å². The van der Waals surface area contributed by atoms with E-state index in [9.17, 15) is 13.6 Å². The molecule has 1 aromatic carbocycles. The lowest BCUT2D eigenvalue weighted by molar-refractivity contribution is -0.123. The molecule has 1 heterocycles. The van der Waals surface area contributed by atoms with Gasteiger partial charge in [-0.15, -0.1) is 0 Å². The van der Waals surface area contributed by atoms with Crippen molar-refractivity contribution in [3.63, 3.8) is 0 Å². The van der Waals surface area contributed by atoms with Crippen molar-refractivity contribution in [1.82, 2.24) is 15.1 Å². The van der Waals surface area contributed by atoms with Gasteiger partial charge in [-0.1, -0.05) is 0 Å². The van der Waals surface area contributed by atoms with E-state index in [1.54, 1.807) is 4.68 Å². The van der Waals surface area contributed by atoms with Gasteiger partial charge in [0.1, 0.15) is 5.82 Å². The molecule has 0 bridgehead atoms. The van der Waals surface area contributed by atoms with E-state index in [4.69, 9.17) is 4.74 Å². The number of halogens is 2. The number of carbonyl (C=O) groups excluding carboxylic acids is 1. The van der Waals surface area contributed by atoms with Gasteiger partial charge in [0.25, 0.3) is 5.91 Å². The first-order valence-electron chi connectivity index (χ1n) is 7.64. The van der Waals surface area contributed by atoms with Crippen LogP contribution in [0.4, 0.5) is 8.78 Å². The molecule has 24 heavy (non-hydrogen) atoms. The zero-order valence-electron chi connectivity index (χ0n) is 14.2. The maximum absolute atomic E-state index is 13.4. The van der Waals surface area contributed by atoms with E-state index < -0.39 is 11.6 Å². The Bertz CT molecular complexity index is 744. The van der Waals surface area contributed by atoms with Crippen LogP contribution in [-0.4, -0.2) is 28.3 Å². The van der Waals surface area contributed by atoms with Crippen LogP contribution in [0.25, 0.3) is 0 Å². The first-order chi connectivity index (χ1) is 11.3. The lowest BCUT2D eigenvalue weighted by Gasteiger charge is -2.15. The zero-order chi connectivity index (χ0) is 17.9. The summed E-state index contributed by atoms with van der Waals surface area (Å²) < 4.78 is 33.1. The maximum atomic E-state index is 13.4. The van der Waals surface area contributed by atoms with E-state index in [1.807, 2.05) is 27.8 Å². The van der Waals surface area contributed by atoms with E-state index >= 15 is 0 Å². The number of benzene rings is 1. The summed E-state index contributed by atoms with van der Waals surface area (Å²) in [6.45, 7) is 5.45. The Kier molecular flexibility index (Phi) is 5.54. The van der Waals surface area contributed by atoms with Crippen LogP contribution in [0.1, 0.15) is 23.9 Å². The van der Waals surface area contributed by atoms with Gasteiger partial charge in [-0.2, -0.15) is 5.10 Å². The van der Waals surface area contributed by atoms with Crippen LogP contribution in [0.3, 0.4) is 0 Å². The van der Waals surface area contributed by atoms with Crippen LogP contribution >= 0.6 is 0 Å². The summed E-state index contributed by atoms with van der Waals surface area (Å²) >= 11 is 0. The van der Waals surface area contributed by atoms with Gasteiger partial charge in [0.05, 0.1) is 5.69 Å². The second-order valence-corrected chi connectivity index (χ2v) is 5.81. The first kappa shape index (κ1) is 17.9. The monoisotopic (exact) mass is 337 g/mol. The highest BCUT2D eigenvalue weighted by molar-refractivity contribution is 5.77. The molecule has 0 fully saturated rings. The molecular formula is C17H21F2N3O2. The fourth-order valence-electron chi connectivity index (χ4n) is 2.52. The number of hydrogen-bond acceptors (Lipinski definition) is 3. The first-order valence-corrected chi connectivity index (χ1v) is 7.64. The number of hydrogen-bond donors (Lipinski definition) is 1. The Hall–Kier alpha value is -2.44. The van der Waals surface area contributed by atoms with Gasteiger partial charge in [-0.25, -0.2) is 8.78 Å². The number of rotatable bonds is 6. The number of ether oxygens (including phenoxy) is 1. The van der Waals surface area contributed by atoms with Crippen molar-refractivity contribution in [2.75, 3.05) is 6.61 Å². The molecule has 0 saturated carbocycles. The Balaban J connectivity index is 1.87. The van der Waals surface area contributed by atoms with Crippen molar-refractivity contribution >= 4 is 5.91 Å². The van der Waals surface area contributed by atoms with Gasteiger partial charge < -0.3 is 10.1 Å². The molecule has 0 aliphatic heterocycles. The van der Waals surface area contributed by atoms with Crippen molar-refractivity contribution in [3.05, 3.63) is 46.8 Å². The summed E-state index contributed by atoms with van der Waals surface area (Å²) in [6.07, 6.45) is 0.641. The Labute approximate surface area is 139 Å². The van der Waals surface area contributed by atoms with Crippen LogP contribution in [0, 0.1) is 25.5 Å². The standard InChI is InChI=1S/C17H21F2N3O2/c1-10(7-14-11(2)21-22(4)12(14)3)20-17(23)9-24-16-6-5-13(18)8-15(16)19/h5-6,8,10H,7,9H2,1-4H3,(H,20,23). The van der Waals surface area contributed by atoms with E-state index in [0.717, 1.165) is 29.1 Å². The molecular weight excluding hydrogens is 316 g/mol. The molecule has 5 nitrogen and oxygen atoms in total. The Morgan fingerprint density at radius 1 is 1.38 bits per heavy atom. The van der Waals surface area contributed by atoms with Crippen molar-refractivity contribution in [2.24, 2.45) is 7.05 Å². The lowest BCUT2D eigenvalue weighted by atomic mass is 10.1. The molecule has 1 N–H and O–H groups in total. The molecule has 1 unspecified atom stereocenters. The quantitative estimate of drug-likeness (QED) is 0.881. The highest BCUT2D eigenvalue weighted by Gasteiger charge is 2.15. The number of carbonyl (C=O) groups is 1. The van der Waals surface area contributed by atoms with Crippen LogP contribution < -0.4 is 10.1 Å². The average Bonchev–Trinajstić information content (AvgIpc) is 2.73. The van der Waals surface area contributed by atoms with Gasteiger partial charge >= 0.3 is 0 Å². The molecule has 1 amide bonds. The highest BCUT2D eigenvalue weighted by Crippen LogP contribution is 2.17. The minimum absolute atomic E-state index is 0.124. The molecule has 1 aromatic heterocycles. The van der Waals surface area contributed by atoms with Crippen LogP contribution in [0.5, 0.6) is 5.75 Å². The Morgan fingerprint density at radius 3 is 2.67 bits per heavy atom. The minimum atomic E-state index is -0.836. The van der Waals surface area contributed by atoms with Crippen LogP contribution in [-0.2, 0) is 18.3 Å². The van der Waals surface area contributed by atoms with Crippen LogP contribution in [0.2, 0.25) is 0 Å². The molecule has 0 spiro atoms. The summed E-state index contributed by atoms with van der Waals surface area (Å²) in [4.78, 5) is 11.9. The van der Waals surface area contributed by atoms with Gasteiger partial charge in [-0.3, -0.25) is 9.48 Å². The topological polar surface area (TPSA) is 56.2 Å². The normalized spacial score (nSPS) is 12.1. The third-order valence-electron chi connectivity index (χ3n) is 3.83. The number of nitrogens with one attached hydrogen (secondary N) is 1. The predicted molar refractivity (Wildman–Crippen MR) is 85.8 cm³/mol. The number of aryl methyl sites for hydroxylation is 2. The molecule has 0 aliphatic rings. The third-order valence-corrected chi connectivity index (χ3v) is 3.83. The second-order valence-electron chi connectivity index (χ2n) is 5.81. The second kappa shape index (κ2) is 7.42. The number of nitrogens with zero attached hydrogens (tertiary/aromatic N) is 2. The van der Waals surface area contributed by atoms with E-state index in [-0.39, 0.29) is 24.3 Å². The summed E-state index contributed by atoms with van der Waals surface area (Å²) in [5.41, 5.74) is 3.08.